The lowest BCUT2D eigenvalue weighted by Crippen LogP contribution is -2.40. The molecule has 0 heterocycles. The summed E-state index contributed by atoms with van der Waals surface area (Å²) < 4.78 is 5.11. The third-order valence-electron chi connectivity index (χ3n) is 3.68. The third-order valence-corrected chi connectivity index (χ3v) is 3.68. The standard InChI is InChI=1S/C15H23NO/c1-15(2,14-8-9-14)16-10-12-4-6-13(7-5-12)11-17-3/h4-7,14,16H,8-11H2,1-3H3. The van der Waals surface area contributed by atoms with Gasteiger partial charge >= 0.3 is 0 Å². The van der Waals surface area contributed by atoms with Crippen molar-refractivity contribution < 1.29 is 4.74 Å². The van der Waals surface area contributed by atoms with Crippen LogP contribution in [0.15, 0.2) is 24.3 Å². The molecule has 1 N–H and O–H groups in total. The molecule has 17 heavy (non-hydrogen) atoms. The molecule has 0 radical (unpaired) electrons. The fourth-order valence-corrected chi connectivity index (χ4v) is 2.20. The predicted octanol–water partition coefficient (Wildman–Crippen LogP) is 3.11. The first kappa shape index (κ1) is 12.6. The van der Waals surface area contributed by atoms with Crippen LogP contribution in [0, 0.1) is 5.92 Å². The third kappa shape index (κ3) is 3.55. The van der Waals surface area contributed by atoms with E-state index in [9.17, 15) is 0 Å². The largest absolute Gasteiger partial charge is 0.380 e. The maximum atomic E-state index is 5.11. The fraction of sp³-hybridized carbons (Fsp3) is 0.600. The molecule has 2 heteroatoms. The van der Waals surface area contributed by atoms with E-state index in [-0.39, 0.29) is 5.54 Å². The number of rotatable bonds is 6. The fourth-order valence-electron chi connectivity index (χ4n) is 2.20. The lowest BCUT2D eigenvalue weighted by molar-refractivity contribution is 0.185. The second kappa shape index (κ2) is 5.19. The zero-order valence-electron chi connectivity index (χ0n) is 11.1. The van der Waals surface area contributed by atoms with Gasteiger partial charge in [0.1, 0.15) is 0 Å². The number of hydrogen-bond acceptors (Lipinski definition) is 2. The number of nitrogens with one attached hydrogen (secondary N) is 1. The summed E-state index contributed by atoms with van der Waals surface area (Å²) in [6, 6.07) is 8.66. The molecule has 0 bridgehead atoms. The first-order valence-electron chi connectivity index (χ1n) is 6.43. The Hall–Kier alpha value is -0.860. The van der Waals surface area contributed by atoms with E-state index < -0.39 is 0 Å². The van der Waals surface area contributed by atoms with Gasteiger partial charge in [0.15, 0.2) is 0 Å². The van der Waals surface area contributed by atoms with Crippen molar-refractivity contribution in [1.82, 2.24) is 5.32 Å². The van der Waals surface area contributed by atoms with Gasteiger partial charge in [-0.15, -0.1) is 0 Å². The molecule has 0 atom stereocenters. The Morgan fingerprint density at radius 1 is 1.18 bits per heavy atom. The Morgan fingerprint density at radius 2 is 1.76 bits per heavy atom. The SMILES string of the molecule is COCc1ccc(CNC(C)(C)C2CC2)cc1. The van der Waals surface area contributed by atoms with Crippen LogP contribution in [0.25, 0.3) is 0 Å². The predicted molar refractivity (Wildman–Crippen MR) is 70.8 cm³/mol. The van der Waals surface area contributed by atoms with Gasteiger partial charge in [0.05, 0.1) is 6.61 Å². The van der Waals surface area contributed by atoms with Crippen molar-refractivity contribution in [2.45, 2.75) is 45.4 Å². The maximum Gasteiger partial charge on any atom is 0.0713 e. The average molecular weight is 233 g/mol. The van der Waals surface area contributed by atoms with Crippen molar-refractivity contribution in [1.29, 1.82) is 0 Å². The van der Waals surface area contributed by atoms with Crippen molar-refractivity contribution >= 4 is 0 Å². The quantitative estimate of drug-likeness (QED) is 0.815. The molecule has 0 aliphatic heterocycles. The van der Waals surface area contributed by atoms with Gasteiger partial charge in [0.2, 0.25) is 0 Å². The Kier molecular flexibility index (Phi) is 3.85. The van der Waals surface area contributed by atoms with Crippen molar-refractivity contribution in [2.24, 2.45) is 5.92 Å². The van der Waals surface area contributed by atoms with Gasteiger partial charge in [-0.3, -0.25) is 0 Å². The highest BCUT2D eigenvalue weighted by molar-refractivity contribution is 5.22. The van der Waals surface area contributed by atoms with Crippen LogP contribution in [-0.2, 0) is 17.9 Å². The number of methoxy groups -OCH3 is 1. The van der Waals surface area contributed by atoms with E-state index in [1.165, 1.54) is 24.0 Å². The zero-order valence-corrected chi connectivity index (χ0v) is 11.1. The summed E-state index contributed by atoms with van der Waals surface area (Å²) in [4.78, 5) is 0. The van der Waals surface area contributed by atoms with E-state index in [0.717, 1.165) is 12.5 Å². The molecule has 0 spiro atoms. The van der Waals surface area contributed by atoms with Crippen molar-refractivity contribution in [2.75, 3.05) is 7.11 Å². The van der Waals surface area contributed by atoms with Crippen LogP contribution in [0.2, 0.25) is 0 Å². The Balaban J connectivity index is 1.86. The molecule has 1 aromatic rings. The van der Waals surface area contributed by atoms with Gasteiger partial charge in [-0.05, 0) is 43.7 Å². The Morgan fingerprint density at radius 3 is 2.29 bits per heavy atom. The molecule has 2 nitrogen and oxygen atoms in total. The molecule has 0 saturated heterocycles. The molecule has 0 unspecified atom stereocenters. The lowest BCUT2D eigenvalue weighted by atomic mass is 9.98. The zero-order chi connectivity index (χ0) is 12.3. The van der Waals surface area contributed by atoms with E-state index in [2.05, 4.69) is 43.4 Å². The van der Waals surface area contributed by atoms with Gasteiger partial charge in [-0.2, -0.15) is 0 Å². The highest BCUT2D eigenvalue weighted by Gasteiger charge is 2.36. The van der Waals surface area contributed by atoms with E-state index in [4.69, 9.17) is 4.74 Å². The smallest absolute Gasteiger partial charge is 0.0713 e. The monoisotopic (exact) mass is 233 g/mol. The van der Waals surface area contributed by atoms with E-state index in [1.807, 2.05) is 0 Å². The van der Waals surface area contributed by atoms with Crippen LogP contribution in [-0.4, -0.2) is 12.6 Å². The van der Waals surface area contributed by atoms with Crippen LogP contribution in [0.1, 0.15) is 37.8 Å². The van der Waals surface area contributed by atoms with Gasteiger partial charge in [-0.1, -0.05) is 24.3 Å². The molecule has 1 saturated carbocycles. The Bertz CT molecular complexity index is 352. The van der Waals surface area contributed by atoms with E-state index in [1.54, 1.807) is 7.11 Å². The van der Waals surface area contributed by atoms with E-state index in [0.29, 0.717) is 6.61 Å². The number of ether oxygens (including phenoxy) is 1. The second-order valence-electron chi connectivity index (χ2n) is 5.60. The Labute approximate surface area is 104 Å². The first-order valence-corrected chi connectivity index (χ1v) is 6.43. The topological polar surface area (TPSA) is 21.3 Å². The van der Waals surface area contributed by atoms with E-state index >= 15 is 0 Å². The highest BCUT2D eigenvalue weighted by atomic mass is 16.5. The van der Waals surface area contributed by atoms with Gasteiger partial charge in [0, 0.05) is 19.2 Å². The van der Waals surface area contributed by atoms with Gasteiger partial charge in [-0.25, -0.2) is 0 Å². The van der Waals surface area contributed by atoms with Crippen LogP contribution in [0.3, 0.4) is 0 Å². The molecular weight excluding hydrogens is 210 g/mol. The highest BCUT2D eigenvalue weighted by Crippen LogP contribution is 2.39. The van der Waals surface area contributed by atoms with Gasteiger partial charge in [0.25, 0.3) is 0 Å². The summed E-state index contributed by atoms with van der Waals surface area (Å²) in [6.07, 6.45) is 2.76. The molecule has 0 aromatic heterocycles. The van der Waals surface area contributed by atoms with Crippen LogP contribution in [0.4, 0.5) is 0 Å². The molecule has 1 aliphatic rings. The second-order valence-corrected chi connectivity index (χ2v) is 5.60. The minimum Gasteiger partial charge on any atom is -0.380 e. The number of hydrogen-bond donors (Lipinski definition) is 1. The first-order chi connectivity index (χ1) is 8.12. The van der Waals surface area contributed by atoms with Crippen molar-refractivity contribution in [3.05, 3.63) is 35.4 Å². The lowest BCUT2D eigenvalue weighted by Gasteiger charge is -2.26. The maximum absolute atomic E-state index is 5.11. The molecule has 1 aromatic carbocycles. The average Bonchev–Trinajstić information content (AvgIpc) is 3.13. The van der Waals surface area contributed by atoms with Gasteiger partial charge < -0.3 is 10.1 Å². The molecule has 0 amide bonds. The molecule has 1 aliphatic carbocycles. The molecule has 2 rings (SSSR count). The molecular formula is C15H23NO. The molecule has 94 valence electrons. The summed E-state index contributed by atoms with van der Waals surface area (Å²) in [5.74, 6) is 0.871. The summed E-state index contributed by atoms with van der Waals surface area (Å²) in [7, 11) is 1.73. The minimum atomic E-state index is 0.283. The molecule has 1 fully saturated rings. The normalized spacial score (nSPS) is 16.2. The van der Waals surface area contributed by atoms with Crippen molar-refractivity contribution in [3.8, 4) is 0 Å². The van der Waals surface area contributed by atoms with Crippen LogP contribution >= 0.6 is 0 Å². The minimum absolute atomic E-state index is 0.283. The van der Waals surface area contributed by atoms with Crippen LogP contribution in [0.5, 0.6) is 0 Å². The summed E-state index contributed by atoms with van der Waals surface area (Å²) in [5, 5.41) is 3.66. The summed E-state index contributed by atoms with van der Waals surface area (Å²) in [6.45, 7) is 6.27. The van der Waals surface area contributed by atoms with Crippen molar-refractivity contribution in [3.63, 3.8) is 0 Å². The summed E-state index contributed by atoms with van der Waals surface area (Å²) in [5.41, 5.74) is 2.86. The number of benzene rings is 1. The summed E-state index contributed by atoms with van der Waals surface area (Å²) >= 11 is 0. The van der Waals surface area contributed by atoms with Crippen LogP contribution < -0.4 is 5.32 Å².